The van der Waals surface area contributed by atoms with E-state index in [9.17, 15) is 10.2 Å². The van der Waals surface area contributed by atoms with Crippen LogP contribution in [0.25, 0.3) is 0 Å². The van der Waals surface area contributed by atoms with Crippen LogP contribution in [0.15, 0.2) is 42.5 Å². The van der Waals surface area contributed by atoms with Crippen LogP contribution in [0.4, 0.5) is 0 Å². The minimum atomic E-state index is -1.12. The number of fused-ring (bicyclic) bond motifs is 5. The van der Waals surface area contributed by atoms with Crippen LogP contribution in [0.5, 0.6) is 0 Å². The van der Waals surface area contributed by atoms with Gasteiger partial charge >= 0.3 is 0 Å². The molecule has 0 unspecified atom stereocenters. The second-order valence-corrected chi connectivity index (χ2v) is 11.6. The summed E-state index contributed by atoms with van der Waals surface area (Å²) in [7, 11) is 0. The van der Waals surface area contributed by atoms with Crippen molar-refractivity contribution in [1.29, 1.82) is 0 Å². The van der Waals surface area contributed by atoms with Crippen LogP contribution >= 0.6 is 0 Å². The smallest absolute Gasteiger partial charge is 0.116 e. The number of ether oxygens (including phenoxy) is 1. The van der Waals surface area contributed by atoms with Gasteiger partial charge < -0.3 is 20.7 Å². The van der Waals surface area contributed by atoms with Crippen molar-refractivity contribution in [2.24, 2.45) is 34.3 Å². The van der Waals surface area contributed by atoms with Gasteiger partial charge in [-0.1, -0.05) is 50.3 Å². The lowest BCUT2D eigenvalue weighted by atomic mass is 9.42. The highest BCUT2D eigenvalue weighted by Crippen LogP contribution is 2.69. The highest BCUT2D eigenvalue weighted by atomic mass is 16.5. The first-order valence-corrected chi connectivity index (χ1v) is 12.8. The SMILES string of the molecule is C[C@]12CC[C@H](OCCCN)C[C@@H]1CC[C@@H]1[C@@H]2CC[C@]2(C)[C@@](O)(c3ccccc3)C=C[C@]12O. The summed E-state index contributed by atoms with van der Waals surface area (Å²) in [5.74, 6) is 1.35. The van der Waals surface area contributed by atoms with Gasteiger partial charge in [-0.05, 0) is 92.7 Å². The molecule has 8 atom stereocenters. The zero-order valence-electron chi connectivity index (χ0n) is 19.8. The van der Waals surface area contributed by atoms with Gasteiger partial charge in [0.05, 0.1) is 11.7 Å². The van der Waals surface area contributed by atoms with Crippen molar-refractivity contribution < 1.29 is 14.9 Å². The molecule has 4 N–H and O–H groups in total. The largest absolute Gasteiger partial charge is 0.385 e. The Morgan fingerprint density at radius 3 is 2.50 bits per heavy atom. The molecular formula is C28H41NO3. The first-order chi connectivity index (χ1) is 15.3. The van der Waals surface area contributed by atoms with E-state index in [2.05, 4.69) is 13.8 Å². The van der Waals surface area contributed by atoms with Gasteiger partial charge in [-0.3, -0.25) is 0 Å². The molecule has 0 saturated heterocycles. The van der Waals surface area contributed by atoms with Crippen molar-refractivity contribution in [3.63, 3.8) is 0 Å². The Labute approximate surface area is 193 Å². The van der Waals surface area contributed by atoms with E-state index in [1.54, 1.807) is 0 Å². The minimum Gasteiger partial charge on any atom is -0.385 e. The topological polar surface area (TPSA) is 75.7 Å². The average molecular weight is 440 g/mol. The Kier molecular flexibility index (Phi) is 5.60. The summed E-state index contributed by atoms with van der Waals surface area (Å²) in [6, 6.07) is 9.94. The van der Waals surface area contributed by atoms with Gasteiger partial charge in [0.1, 0.15) is 5.60 Å². The molecule has 0 amide bonds. The van der Waals surface area contributed by atoms with Gasteiger partial charge in [-0.2, -0.15) is 0 Å². The average Bonchev–Trinajstić information content (AvgIpc) is 3.02. The van der Waals surface area contributed by atoms with E-state index in [-0.39, 0.29) is 11.3 Å². The molecule has 0 bridgehead atoms. The van der Waals surface area contributed by atoms with Crippen molar-refractivity contribution in [2.75, 3.05) is 13.2 Å². The first kappa shape index (κ1) is 22.6. The van der Waals surface area contributed by atoms with Crippen molar-refractivity contribution in [2.45, 2.75) is 82.5 Å². The lowest BCUT2D eigenvalue weighted by Gasteiger charge is -2.64. The maximum Gasteiger partial charge on any atom is 0.116 e. The van der Waals surface area contributed by atoms with E-state index >= 15 is 0 Å². The number of hydrogen-bond acceptors (Lipinski definition) is 4. The van der Waals surface area contributed by atoms with Crippen LogP contribution in [0, 0.1) is 28.6 Å². The predicted octanol–water partition coefficient (Wildman–Crippen LogP) is 4.54. The fraction of sp³-hybridized carbons (Fsp3) is 0.714. The number of benzene rings is 1. The Balaban J connectivity index is 1.39. The molecule has 0 spiro atoms. The lowest BCUT2D eigenvalue weighted by molar-refractivity contribution is -0.228. The maximum atomic E-state index is 12.3. The van der Waals surface area contributed by atoms with Gasteiger partial charge in [-0.25, -0.2) is 0 Å². The molecule has 1 aromatic rings. The summed E-state index contributed by atoms with van der Waals surface area (Å²) < 4.78 is 6.16. The molecule has 4 nitrogen and oxygen atoms in total. The zero-order valence-corrected chi connectivity index (χ0v) is 19.8. The number of hydrogen-bond donors (Lipinski definition) is 3. The molecule has 4 aliphatic carbocycles. The van der Waals surface area contributed by atoms with Crippen LogP contribution in [-0.2, 0) is 10.3 Å². The summed E-state index contributed by atoms with van der Waals surface area (Å²) in [4.78, 5) is 0. The van der Waals surface area contributed by atoms with E-state index in [1.165, 1.54) is 6.42 Å². The lowest BCUT2D eigenvalue weighted by Crippen LogP contribution is -2.65. The highest BCUT2D eigenvalue weighted by molar-refractivity contribution is 5.41. The third kappa shape index (κ3) is 3.02. The van der Waals surface area contributed by atoms with Gasteiger partial charge in [0.25, 0.3) is 0 Å². The normalized spacial score (nSPS) is 47.5. The van der Waals surface area contributed by atoms with Crippen LogP contribution < -0.4 is 5.73 Å². The maximum absolute atomic E-state index is 12.3. The van der Waals surface area contributed by atoms with Crippen LogP contribution in [-0.4, -0.2) is 35.1 Å². The quantitative estimate of drug-likeness (QED) is 0.465. The molecule has 0 aromatic heterocycles. The number of aliphatic hydroxyl groups is 2. The second-order valence-electron chi connectivity index (χ2n) is 11.6. The predicted molar refractivity (Wildman–Crippen MR) is 127 cm³/mol. The monoisotopic (exact) mass is 439 g/mol. The van der Waals surface area contributed by atoms with Gasteiger partial charge in [0, 0.05) is 12.0 Å². The summed E-state index contributed by atoms with van der Waals surface area (Å²) in [5, 5.41) is 24.2. The van der Waals surface area contributed by atoms with E-state index in [4.69, 9.17) is 10.5 Å². The molecule has 0 radical (unpaired) electrons. The molecule has 5 rings (SSSR count). The van der Waals surface area contributed by atoms with Crippen LogP contribution in [0.3, 0.4) is 0 Å². The van der Waals surface area contributed by atoms with Crippen LogP contribution in [0.1, 0.15) is 70.8 Å². The van der Waals surface area contributed by atoms with E-state index < -0.39 is 16.6 Å². The molecule has 4 heteroatoms. The van der Waals surface area contributed by atoms with E-state index in [0.29, 0.717) is 24.5 Å². The third-order valence-corrected chi connectivity index (χ3v) is 10.4. The highest BCUT2D eigenvalue weighted by Gasteiger charge is 2.70. The van der Waals surface area contributed by atoms with Gasteiger partial charge in [-0.15, -0.1) is 0 Å². The molecule has 3 saturated carbocycles. The summed E-state index contributed by atoms with van der Waals surface area (Å²) in [6.07, 6.45) is 12.7. The van der Waals surface area contributed by atoms with E-state index in [0.717, 1.165) is 57.1 Å². The molecule has 0 heterocycles. The third-order valence-electron chi connectivity index (χ3n) is 10.4. The molecule has 176 valence electrons. The van der Waals surface area contributed by atoms with Crippen molar-refractivity contribution >= 4 is 0 Å². The molecule has 4 aliphatic rings. The van der Waals surface area contributed by atoms with Gasteiger partial charge in [0.15, 0.2) is 0 Å². The zero-order chi connectivity index (χ0) is 22.6. The summed E-state index contributed by atoms with van der Waals surface area (Å²) >= 11 is 0. The molecule has 3 fully saturated rings. The number of nitrogens with two attached hydrogens (primary N) is 1. The van der Waals surface area contributed by atoms with E-state index in [1.807, 2.05) is 42.5 Å². The molecule has 0 aliphatic heterocycles. The Morgan fingerprint density at radius 1 is 0.969 bits per heavy atom. The Morgan fingerprint density at radius 2 is 1.75 bits per heavy atom. The van der Waals surface area contributed by atoms with Crippen molar-refractivity contribution in [1.82, 2.24) is 0 Å². The summed E-state index contributed by atoms with van der Waals surface area (Å²) in [5.41, 5.74) is 4.08. The standard InChI is InChI=1S/C28H41NO3/c1-25-13-11-22(32-18-6-17-29)19-21(25)9-10-24-23(25)12-14-26(2)27(30,15-16-28(24,26)31)20-7-4-3-5-8-20/h3-5,7-8,15-16,21-24,30-31H,6,9-14,17-19,29H2,1-2H3/t21-,22-,23-,24+,25-,26+,27-,28-/m0/s1. The fourth-order valence-electron chi connectivity index (χ4n) is 8.30. The fourth-order valence-corrected chi connectivity index (χ4v) is 8.30. The second kappa shape index (κ2) is 7.94. The molecule has 32 heavy (non-hydrogen) atoms. The van der Waals surface area contributed by atoms with Gasteiger partial charge in [0.2, 0.25) is 0 Å². The Hall–Kier alpha value is -1.20. The molecular weight excluding hydrogens is 398 g/mol. The van der Waals surface area contributed by atoms with Crippen molar-refractivity contribution in [3.8, 4) is 0 Å². The summed E-state index contributed by atoms with van der Waals surface area (Å²) in [6.45, 7) is 6.07. The van der Waals surface area contributed by atoms with Crippen LogP contribution in [0.2, 0.25) is 0 Å². The minimum absolute atomic E-state index is 0.200. The Bertz CT molecular complexity index is 857. The molecule has 1 aromatic carbocycles. The number of rotatable bonds is 5. The first-order valence-electron chi connectivity index (χ1n) is 12.8. The van der Waals surface area contributed by atoms with Crippen molar-refractivity contribution in [3.05, 3.63) is 48.0 Å².